The Morgan fingerprint density at radius 3 is 2.67 bits per heavy atom. The van der Waals surface area contributed by atoms with Gasteiger partial charge < -0.3 is 0 Å². The van der Waals surface area contributed by atoms with E-state index in [4.69, 9.17) is 12.2 Å². The van der Waals surface area contributed by atoms with Crippen LogP contribution in [-0.2, 0) is 4.79 Å². The van der Waals surface area contributed by atoms with Crippen LogP contribution in [0.15, 0.2) is 58.8 Å². The topological polar surface area (TPSA) is 20.3 Å². The second-order valence-corrected chi connectivity index (χ2v) is 8.11. The molecule has 1 saturated heterocycles. The van der Waals surface area contributed by atoms with Crippen LogP contribution < -0.4 is 4.90 Å². The standard InChI is InChI=1S/C19H13NOS3/c1-12-9-10-23-16(12)11-17-18(21)20(19(22)24-17)15-8-4-6-13-5-2-3-7-14(13)15/h2-11H,1H3/b17-11+. The maximum absolute atomic E-state index is 13.0. The number of carbonyl (C=O) groups excluding carboxylic acids is 1. The van der Waals surface area contributed by atoms with Crippen LogP contribution in [0.3, 0.4) is 0 Å². The highest BCUT2D eigenvalue weighted by Crippen LogP contribution is 2.39. The third kappa shape index (κ3) is 2.59. The molecule has 2 aromatic carbocycles. The van der Waals surface area contributed by atoms with Gasteiger partial charge in [-0.2, -0.15) is 0 Å². The van der Waals surface area contributed by atoms with Gasteiger partial charge in [-0.1, -0.05) is 60.4 Å². The SMILES string of the molecule is Cc1ccsc1/C=C1/SC(=S)N(c2cccc3ccccc23)C1=O. The number of nitrogens with zero attached hydrogens (tertiary/aromatic N) is 1. The van der Waals surface area contributed by atoms with Crippen molar-refractivity contribution in [3.05, 3.63) is 69.3 Å². The normalized spacial score (nSPS) is 16.5. The summed E-state index contributed by atoms with van der Waals surface area (Å²) in [6, 6.07) is 16.1. The van der Waals surface area contributed by atoms with Gasteiger partial charge in [-0.3, -0.25) is 9.69 Å². The van der Waals surface area contributed by atoms with Crippen molar-refractivity contribution in [2.75, 3.05) is 4.90 Å². The summed E-state index contributed by atoms with van der Waals surface area (Å²) in [5.74, 6) is -0.0471. The van der Waals surface area contributed by atoms with Gasteiger partial charge in [0.05, 0.1) is 10.6 Å². The summed E-state index contributed by atoms with van der Waals surface area (Å²) in [4.78, 5) is 16.4. The van der Waals surface area contributed by atoms with E-state index in [1.165, 1.54) is 17.3 Å². The van der Waals surface area contributed by atoms with Gasteiger partial charge in [-0.25, -0.2) is 0 Å². The average Bonchev–Trinajstić information content (AvgIpc) is 3.11. The van der Waals surface area contributed by atoms with Gasteiger partial charge in [0, 0.05) is 10.3 Å². The fourth-order valence-electron chi connectivity index (χ4n) is 2.73. The Balaban J connectivity index is 1.79. The minimum Gasteiger partial charge on any atom is -0.268 e. The smallest absolute Gasteiger partial charge is 0.268 e. The Bertz CT molecular complexity index is 997. The molecule has 4 rings (SSSR count). The Hall–Kier alpha value is -1.95. The number of hydrogen-bond acceptors (Lipinski definition) is 4. The number of aryl methyl sites for hydroxylation is 1. The monoisotopic (exact) mass is 367 g/mol. The van der Waals surface area contributed by atoms with Crippen molar-refractivity contribution in [1.29, 1.82) is 0 Å². The van der Waals surface area contributed by atoms with Crippen molar-refractivity contribution < 1.29 is 4.79 Å². The molecule has 0 spiro atoms. The molecule has 5 heteroatoms. The summed E-state index contributed by atoms with van der Waals surface area (Å²) < 4.78 is 0.580. The van der Waals surface area contributed by atoms with E-state index < -0.39 is 0 Å². The summed E-state index contributed by atoms with van der Waals surface area (Å²) in [6.45, 7) is 2.05. The summed E-state index contributed by atoms with van der Waals surface area (Å²) in [5.41, 5.74) is 2.03. The molecule has 0 radical (unpaired) electrons. The minimum absolute atomic E-state index is 0.0471. The highest BCUT2D eigenvalue weighted by Gasteiger charge is 2.34. The molecule has 0 N–H and O–H groups in total. The molecular formula is C19H13NOS3. The van der Waals surface area contributed by atoms with Crippen LogP contribution >= 0.6 is 35.3 Å². The van der Waals surface area contributed by atoms with E-state index in [0.717, 1.165) is 21.3 Å². The van der Waals surface area contributed by atoms with Crippen LogP contribution in [0.5, 0.6) is 0 Å². The van der Waals surface area contributed by atoms with Gasteiger partial charge >= 0.3 is 0 Å². The lowest BCUT2D eigenvalue weighted by Crippen LogP contribution is -2.27. The van der Waals surface area contributed by atoms with E-state index in [9.17, 15) is 4.79 Å². The van der Waals surface area contributed by atoms with Crippen molar-refractivity contribution in [2.45, 2.75) is 6.92 Å². The molecule has 2 heterocycles. The zero-order valence-corrected chi connectivity index (χ0v) is 15.3. The quantitative estimate of drug-likeness (QED) is 0.433. The first-order chi connectivity index (χ1) is 11.6. The fraction of sp³-hybridized carbons (Fsp3) is 0.0526. The molecule has 0 saturated carbocycles. The predicted octanol–water partition coefficient (Wildman–Crippen LogP) is 5.62. The first kappa shape index (κ1) is 15.6. The van der Waals surface area contributed by atoms with Gasteiger partial charge in [0.15, 0.2) is 4.32 Å². The molecule has 118 valence electrons. The lowest BCUT2D eigenvalue weighted by Gasteiger charge is -2.17. The Morgan fingerprint density at radius 2 is 1.88 bits per heavy atom. The number of rotatable bonds is 2. The molecule has 1 aliphatic heterocycles. The Kier molecular flexibility index (Phi) is 4.00. The van der Waals surface area contributed by atoms with Crippen LogP contribution in [0.25, 0.3) is 16.8 Å². The van der Waals surface area contributed by atoms with Gasteiger partial charge in [0.1, 0.15) is 0 Å². The molecule has 1 aliphatic rings. The van der Waals surface area contributed by atoms with Gasteiger partial charge in [-0.15, -0.1) is 11.3 Å². The Labute approximate surface area is 153 Å². The lowest BCUT2D eigenvalue weighted by molar-refractivity contribution is -0.113. The van der Waals surface area contributed by atoms with Gasteiger partial charge in [0.25, 0.3) is 5.91 Å². The lowest BCUT2D eigenvalue weighted by atomic mass is 10.1. The molecular weight excluding hydrogens is 354 g/mol. The third-order valence-electron chi connectivity index (χ3n) is 3.97. The highest BCUT2D eigenvalue weighted by atomic mass is 32.2. The average molecular weight is 368 g/mol. The first-order valence-corrected chi connectivity index (χ1v) is 9.55. The second kappa shape index (κ2) is 6.16. The van der Waals surface area contributed by atoms with Gasteiger partial charge in [0.2, 0.25) is 0 Å². The van der Waals surface area contributed by atoms with E-state index >= 15 is 0 Å². The molecule has 0 bridgehead atoms. The van der Waals surface area contributed by atoms with E-state index in [2.05, 4.69) is 6.07 Å². The second-order valence-electron chi connectivity index (χ2n) is 5.48. The van der Waals surface area contributed by atoms with Crippen molar-refractivity contribution in [3.8, 4) is 0 Å². The molecule has 0 unspecified atom stereocenters. The minimum atomic E-state index is -0.0471. The van der Waals surface area contributed by atoms with Crippen molar-refractivity contribution in [3.63, 3.8) is 0 Å². The predicted molar refractivity (Wildman–Crippen MR) is 109 cm³/mol. The van der Waals surface area contributed by atoms with Crippen molar-refractivity contribution in [1.82, 2.24) is 0 Å². The molecule has 1 amide bonds. The number of amides is 1. The summed E-state index contributed by atoms with van der Waals surface area (Å²) in [5, 5.41) is 4.17. The number of carbonyl (C=O) groups is 1. The summed E-state index contributed by atoms with van der Waals surface area (Å²) in [7, 11) is 0. The fourth-order valence-corrected chi connectivity index (χ4v) is 4.93. The van der Waals surface area contributed by atoms with Crippen LogP contribution in [0.1, 0.15) is 10.4 Å². The molecule has 3 aromatic rings. The van der Waals surface area contributed by atoms with Gasteiger partial charge in [-0.05, 0) is 41.5 Å². The zero-order chi connectivity index (χ0) is 16.7. The number of hydrogen-bond donors (Lipinski definition) is 0. The number of fused-ring (bicyclic) bond motifs is 1. The van der Waals surface area contributed by atoms with E-state index in [1.54, 1.807) is 16.2 Å². The first-order valence-electron chi connectivity index (χ1n) is 7.45. The number of thiophene rings is 1. The van der Waals surface area contributed by atoms with Crippen molar-refractivity contribution in [2.24, 2.45) is 0 Å². The molecule has 1 aromatic heterocycles. The zero-order valence-electron chi connectivity index (χ0n) is 12.9. The molecule has 2 nitrogen and oxygen atoms in total. The molecule has 24 heavy (non-hydrogen) atoms. The van der Waals surface area contributed by atoms with Crippen LogP contribution in [0, 0.1) is 6.92 Å². The molecule has 1 fully saturated rings. The van der Waals surface area contributed by atoms with Crippen molar-refractivity contribution >= 4 is 68.1 Å². The Morgan fingerprint density at radius 1 is 1.08 bits per heavy atom. The third-order valence-corrected chi connectivity index (χ3v) is 6.23. The van der Waals surface area contributed by atoms with Crippen LogP contribution in [-0.4, -0.2) is 10.2 Å². The summed E-state index contributed by atoms with van der Waals surface area (Å²) >= 11 is 8.50. The largest absolute Gasteiger partial charge is 0.270 e. The van der Waals surface area contributed by atoms with Crippen LogP contribution in [0.4, 0.5) is 5.69 Å². The number of benzene rings is 2. The summed E-state index contributed by atoms with van der Waals surface area (Å²) in [6.07, 6.45) is 1.95. The highest BCUT2D eigenvalue weighted by molar-refractivity contribution is 8.27. The van der Waals surface area contributed by atoms with Crippen LogP contribution in [0.2, 0.25) is 0 Å². The number of thioether (sulfide) groups is 1. The molecule has 0 aliphatic carbocycles. The van der Waals surface area contributed by atoms with E-state index in [-0.39, 0.29) is 5.91 Å². The van der Waals surface area contributed by atoms with E-state index in [0.29, 0.717) is 9.23 Å². The number of thiocarbonyl (C=S) groups is 1. The molecule has 0 atom stereocenters. The van der Waals surface area contributed by atoms with E-state index in [1.807, 2.05) is 60.8 Å². The number of anilines is 1. The maximum Gasteiger partial charge on any atom is 0.270 e. The maximum atomic E-state index is 13.0.